The van der Waals surface area contributed by atoms with E-state index in [9.17, 15) is 0 Å². The van der Waals surface area contributed by atoms with Crippen molar-refractivity contribution in [3.63, 3.8) is 0 Å². The number of rotatable bonds is 3. The normalized spacial score (nSPS) is 11.2. The minimum Gasteiger partial charge on any atom is -0.342 e. The van der Waals surface area contributed by atoms with Gasteiger partial charge in [0.1, 0.15) is 5.82 Å². The third kappa shape index (κ3) is 2.01. The minimum absolute atomic E-state index is 0.861. The first-order chi connectivity index (χ1) is 8.72. The Hall–Kier alpha value is -2.10. The van der Waals surface area contributed by atoms with Crippen LogP contribution >= 0.6 is 0 Å². The van der Waals surface area contributed by atoms with Gasteiger partial charge in [-0.1, -0.05) is 12.1 Å². The number of aromatic nitrogens is 4. The number of aromatic amines is 1. The van der Waals surface area contributed by atoms with Crippen molar-refractivity contribution in [1.82, 2.24) is 19.7 Å². The lowest BCUT2D eigenvalue weighted by molar-refractivity contribution is 0.584. The van der Waals surface area contributed by atoms with Crippen molar-refractivity contribution in [2.24, 2.45) is 0 Å². The van der Waals surface area contributed by atoms with Crippen molar-refractivity contribution < 1.29 is 0 Å². The number of hydrogen-bond donors (Lipinski definition) is 1. The van der Waals surface area contributed by atoms with Crippen LogP contribution in [-0.4, -0.2) is 19.7 Å². The topological polar surface area (TPSA) is 46.5 Å². The Bertz CT molecular complexity index is 645. The summed E-state index contributed by atoms with van der Waals surface area (Å²) in [7, 11) is 0. The van der Waals surface area contributed by atoms with Crippen LogP contribution in [0.25, 0.3) is 11.0 Å². The third-order valence-electron chi connectivity index (χ3n) is 3.10. The summed E-state index contributed by atoms with van der Waals surface area (Å²) < 4.78 is 2.03. The number of para-hydroxylation sites is 2. The first kappa shape index (κ1) is 11.0. The van der Waals surface area contributed by atoms with Gasteiger partial charge < -0.3 is 4.98 Å². The average Bonchev–Trinajstić information content (AvgIpc) is 2.89. The molecular formula is C14H16N4. The van der Waals surface area contributed by atoms with Crippen LogP contribution < -0.4 is 0 Å². The number of imidazole rings is 1. The van der Waals surface area contributed by atoms with Crippen LogP contribution in [0.4, 0.5) is 0 Å². The van der Waals surface area contributed by atoms with Gasteiger partial charge in [0.2, 0.25) is 0 Å². The molecule has 0 saturated heterocycles. The Morgan fingerprint density at radius 3 is 2.78 bits per heavy atom. The summed E-state index contributed by atoms with van der Waals surface area (Å²) >= 11 is 0. The molecule has 92 valence electrons. The first-order valence-electron chi connectivity index (χ1n) is 6.17. The summed E-state index contributed by atoms with van der Waals surface area (Å²) in [6.07, 6.45) is 0.872. The number of hydrogen-bond acceptors (Lipinski definition) is 2. The fraction of sp³-hybridized carbons (Fsp3) is 0.286. The highest BCUT2D eigenvalue weighted by molar-refractivity contribution is 5.74. The molecule has 0 atom stereocenters. The van der Waals surface area contributed by atoms with Crippen molar-refractivity contribution in [2.75, 3.05) is 0 Å². The van der Waals surface area contributed by atoms with E-state index in [1.54, 1.807) is 0 Å². The molecule has 0 bridgehead atoms. The Morgan fingerprint density at radius 1 is 1.22 bits per heavy atom. The number of aryl methyl sites for hydroxylation is 4. The molecule has 0 spiro atoms. The molecule has 0 saturated carbocycles. The highest BCUT2D eigenvalue weighted by Gasteiger charge is 2.04. The van der Waals surface area contributed by atoms with E-state index in [1.807, 2.05) is 29.8 Å². The first-order valence-corrected chi connectivity index (χ1v) is 6.17. The lowest BCUT2D eigenvalue weighted by Crippen LogP contribution is -2.06. The minimum atomic E-state index is 0.861. The zero-order valence-electron chi connectivity index (χ0n) is 10.6. The maximum atomic E-state index is 4.57. The molecule has 0 amide bonds. The number of nitrogens with one attached hydrogen (secondary N) is 1. The molecule has 3 rings (SSSR count). The van der Waals surface area contributed by atoms with Gasteiger partial charge in [-0.2, -0.15) is 5.10 Å². The Labute approximate surface area is 106 Å². The fourth-order valence-corrected chi connectivity index (χ4v) is 2.24. The second kappa shape index (κ2) is 4.29. The molecule has 18 heavy (non-hydrogen) atoms. The molecular weight excluding hydrogens is 224 g/mol. The Balaban J connectivity index is 1.78. The van der Waals surface area contributed by atoms with Crippen LogP contribution in [0, 0.1) is 13.8 Å². The Kier molecular flexibility index (Phi) is 2.63. The van der Waals surface area contributed by atoms with Crippen LogP contribution in [-0.2, 0) is 13.0 Å². The van der Waals surface area contributed by atoms with Gasteiger partial charge in [0.25, 0.3) is 0 Å². The van der Waals surface area contributed by atoms with Crippen LogP contribution in [0.3, 0.4) is 0 Å². The monoisotopic (exact) mass is 240 g/mol. The van der Waals surface area contributed by atoms with Gasteiger partial charge in [-0.3, -0.25) is 4.68 Å². The molecule has 4 heteroatoms. The van der Waals surface area contributed by atoms with Crippen molar-refractivity contribution in [2.45, 2.75) is 26.8 Å². The highest BCUT2D eigenvalue weighted by Crippen LogP contribution is 2.11. The van der Waals surface area contributed by atoms with E-state index in [0.717, 1.165) is 35.5 Å². The summed E-state index contributed by atoms with van der Waals surface area (Å²) in [5, 5.41) is 4.45. The molecule has 0 aliphatic carbocycles. The molecule has 2 heterocycles. The lowest BCUT2D eigenvalue weighted by atomic mass is 10.3. The average molecular weight is 240 g/mol. The van der Waals surface area contributed by atoms with E-state index in [1.165, 1.54) is 5.69 Å². The Morgan fingerprint density at radius 2 is 2.06 bits per heavy atom. The van der Waals surface area contributed by atoms with Gasteiger partial charge in [0.15, 0.2) is 0 Å². The van der Waals surface area contributed by atoms with Crippen molar-refractivity contribution in [3.05, 3.63) is 47.5 Å². The van der Waals surface area contributed by atoms with Crippen LogP contribution in [0.15, 0.2) is 30.3 Å². The molecule has 3 aromatic rings. The predicted molar refractivity (Wildman–Crippen MR) is 71.5 cm³/mol. The molecule has 4 nitrogen and oxygen atoms in total. The van der Waals surface area contributed by atoms with E-state index in [0.29, 0.717) is 0 Å². The summed E-state index contributed by atoms with van der Waals surface area (Å²) in [5.41, 5.74) is 4.39. The molecule has 0 aliphatic rings. The molecule has 0 fully saturated rings. The van der Waals surface area contributed by atoms with Crippen LogP contribution in [0.1, 0.15) is 17.2 Å². The molecule has 0 aliphatic heterocycles. The van der Waals surface area contributed by atoms with E-state index >= 15 is 0 Å². The SMILES string of the molecule is Cc1cc(C)n(CCc2nc3ccccc3[nH]2)n1. The van der Waals surface area contributed by atoms with Gasteiger partial charge in [-0.05, 0) is 32.0 Å². The van der Waals surface area contributed by atoms with E-state index in [4.69, 9.17) is 0 Å². The van der Waals surface area contributed by atoms with Gasteiger partial charge >= 0.3 is 0 Å². The maximum absolute atomic E-state index is 4.57. The number of nitrogens with zero attached hydrogens (tertiary/aromatic N) is 3. The second-order valence-corrected chi connectivity index (χ2v) is 4.60. The number of benzene rings is 1. The van der Waals surface area contributed by atoms with Crippen molar-refractivity contribution >= 4 is 11.0 Å². The largest absolute Gasteiger partial charge is 0.342 e. The second-order valence-electron chi connectivity index (χ2n) is 4.60. The molecule has 2 aromatic heterocycles. The van der Waals surface area contributed by atoms with Crippen molar-refractivity contribution in [3.8, 4) is 0 Å². The van der Waals surface area contributed by atoms with Gasteiger partial charge in [-0.25, -0.2) is 4.98 Å². The smallest absolute Gasteiger partial charge is 0.109 e. The van der Waals surface area contributed by atoms with Gasteiger partial charge in [0, 0.05) is 18.7 Å². The van der Waals surface area contributed by atoms with Crippen LogP contribution in [0.5, 0.6) is 0 Å². The standard InChI is InChI=1S/C14H16N4/c1-10-9-11(2)18(17-10)8-7-14-15-12-5-3-4-6-13(12)16-14/h3-6,9H,7-8H2,1-2H3,(H,15,16). The number of fused-ring (bicyclic) bond motifs is 1. The summed E-state index contributed by atoms with van der Waals surface area (Å²) in [4.78, 5) is 7.91. The van der Waals surface area contributed by atoms with E-state index < -0.39 is 0 Å². The zero-order chi connectivity index (χ0) is 12.5. The molecule has 0 unspecified atom stereocenters. The number of H-pyrrole nitrogens is 1. The predicted octanol–water partition coefficient (Wildman–Crippen LogP) is 2.62. The molecule has 1 N–H and O–H groups in total. The quantitative estimate of drug-likeness (QED) is 0.765. The van der Waals surface area contributed by atoms with E-state index in [2.05, 4.69) is 34.1 Å². The zero-order valence-corrected chi connectivity index (χ0v) is 10.6. The van der Waals surface area contributed by atoms with Crippen LogP contribution in [0.2, 0.25) is 0 Å². The maximum Gasteiger partial charge on any atom is 0.109 e. The molecule has 0 radical (unpaired) electrons. The van der Waals surface area contributed by atoms with Gasteiger partial charge in [-0.15, -0.1) is 0 Å². The highest BCUT2D eigenvalue weighted by atomic mass is 15.3. The lowest BCUT2D eigenvalue weighted by Gasteiger charge is -2.01. The third-order valence-corrected chi connectivity index (χ3v) is 3.10. The summed E-state index contributed by atoms with van der Waals surface area (Å²) in [6, 6.07) is 10.2. The van der Waals surface area contributed by atoms with E-state index in [-0.39, 0.29) is 0 Å². The van der Waals surface area contributed by atoms with Crippen molar-refractivity contribution in [1.29, 1.82) is 0 Å². The molecule has 1 aromatic carbocycles. The summed E-state index contributed by atoms with van der Waals surface area (Å²) in [5.74, 6) is 1.02. The van der Waals surface area contributed by atoms with Gasteiger partial charge in [0.05, 0.1) is 16.7 Å². The summed E-state index contributed by atoms with van der Waals surface area (Å²) in [6.45, 7) is 4.96. The fourth-order valence-electron chi connectivity index (χ4n) is 2.24.